The third-order valence-electron chi connectivity index (χ3n) is 7.59. The second-order valence-corrected chi connectivity index (χ2v) is 12.7. The minimum atomic E-state index is -0.246. The molecule has 11 heteroatoms. The number of halogens is 3. The molecule has 1 fully saturated rings. The fourth-order valence-corrected chi connectivity index (χ4v) is 6.06. The molecule has 208 valence electrons. The number of fused-ring (bicyclic) bond motifs is 1. The number of imidazole rings is 1. The van der Waals surface area contributed by atoms with Gasteiger partial charge in [-0.3, -0.25) is 0 Å². The van der Waals surface area contributed by atoms with Crippen LogP contribution in [0.2, 0.25) is 5.15 Å². The van der Waals surface area contributed by atoms with Crippen molar-refractivity contribution < 1.29 is 13.9 Å². The summed E-state index contributed by atoms with van der Waals surface area (Å²) in [6, 6.07) is 12.6. The number of aromatic nitrogens is 4. The largest absolute Gasteiger partial charge is 0.494 e. The third-order valence-corrected chi connectivity index (χ3v) is 9.61. The normalized spacial score (nSPS) is 17.8. The second kappa shape index (κ2) is 11.1. The Bertz CT molecular complexity index is 1530. The van der Waals surface area contributed by atoms with Gasteiger partial charge in [-0.1, -0.05) is 46.3 Å². The smallest absolute Gasteiger partial charge is 0.229 e. The molecule has 2 aliphatic rings. The summed E-state index contributed by atoms with van der Waals surface area (Å²) in [4.78, 5) is 14.1. The van der Waals surface area contributed by atoms with Crippen molar-refractivity contribution in [3.05, 3.63) is 82.8 Å². The molecule has 40 heavy (non-hydrogen) atoms. The Kier molecular flexibility index (Phi) is 7.58. The van der Waals surface area contributed by atoms with Gasteiger partial charge >= 0.3 is 0 Å². The van der Waals surface area contributed by atoms with Gasteiger partial charge in [0.2, 0.25) is 5.95 Å². The average molecular weight is 675 g/mol. The molecule has 2 aliphatic carbocycles. The Morgan fingerprint density at radius 1 is 1.18 bits per heavy atom. The molecule has 0 saturated heterocycles. The maximum absolute atomic E-state index is 13.7. The Labute approximate surface area is 250 Å². The van der Waals surface area contributed by atoms with E-state index in [1.165, 1.54) is 12.1 Å². The second-order valence-electron chi connectivity index (χ2n) is 10.2. The molecule has 2 aromatic heterocycles. The van der Waals surface area contributed by atoms with Gasteiger partial charge in [0.1, 0.15) is 28.9 Å². The van der Waals surface area contributed by atoms with E-state index in [0.717, 1.165) is 59.7 Å². The van der Waals surface area contributed by atoms with E-state index >= 15 is 0 Å². The van der Waals surface area contributed by atoms with Crippen LogP contribution in [0.1, 0.15) is 42.0 Å². The summed E-state index contributed by atoms with van der Waals surface area (Å²) >= 11 is 8.57. The van der Waals surface area contributed by atoms with Crippen molar-refractivity contribution in [2.24, 2.45) is 0 Å². The lowest BCUT2D eigenvalue weighted by atomic mass is 9.97. The number of benzene rings is 2. The van der Waals surface area contributed by atoms with Crippen molar-refractivity contribution in [3.8, 4) is 11.4 Å². The van der Waals surface area contributed by atoms with Crippen LogP contribution in [0.3, 0.4) is 0 Å². The average Bonchev–Trinajstić information content (AvgIpc) is 3.33. The van der Waals surface area contributed by atoms with Crippen LogP contribution < -0.4 is 15.4 Å². The Hall–Kier alpha value is -2.96. The number of alkyl halides is 1. The molecule has 1 saturated carbocycles. The van der Waals surface area contributed by atoms with Crippen LogP contribution in [0, 0.1) is 5.82 Å². The maximum Gasteiger partial charge on any atom is 0.229 e. The quantitative estimate of drug-likeness (QED) is 0.143. The van der Waals surface area contributed by atoms with E-state index in [9.17, 15) is 4.39 Å². The topological polar surface area (TPSA) is 86.1 Å². The summed E-state index contributed by atoms with van der Waals surface area (Å²) in [6.07, 6.45) is 7.36. The number of nitrogens with one attached hydrogen (secondary N) is 2. The molecule has 0 amide bonds. The lowest BCUT2D eigenvalue weighted by molar-refractivity contribution is 0.184. The van der Waals surface area contributed by atoms with Crippen molar-refractivity contribution in [2.75, 3.05) is 31.5 Å². The van der Waals surface area contributed by atoms with E-state index in [4.69, 9.17) is 31.0 Å². The number of methoxy groups -OCH3 is 2. The van der Waals surface area contributed by atoms with Crippen molar-refractivity contribution in [1.82, 2.24) is 19.5 Å². The van der Waals surface area contributed by atoms with Crippen LogP contribution in [0.4, 0.5) is 21.8 Å². The lowest BCUT2D eigenvalue weighted by Crippen LogP contribution is -2.36. The van der Waals surface area contributed by atoms with Crippen LogP contribution in [0.15, 0.2) is 55.0 Å². The van der Waals surface area contributed by atoms with E-state index in [-0.39, 0.29) is 21.2 Å². The fourth-order valence-electron chi connectivity index (χ4n) is 5.30. The number of ether oxygens (including phenoxy) is 2. The van der Waals surface area contributed by atoms with E-state index in [1.807, 2.05) is 30.3 Å². The van der Waals surface area contributed by atoms with Gasteiger partial charge in [-0.25, -0.2) is 14.4 Å². The standard InChI is InChI=1S/C29H29ClFIN6O2/c1-39-15-24(29(32)11-12-29)35-27-21-9-8-20(17-3-5-18(31)6-4-17)26(21)36-28(37-27)34-19-7-10-22(23(13-19)40-2)38-14-25(30)33-16-38/h3-7,10,13-14,16,20,24H,8-9,11-12,15H2,1-2H3,(H2,34,35,36,37). The predicted octanol–water partition coefficient (Wildman–Crippen LogP) is 6.68. The maximum atomic E-state index is 13.7. The molecule has 2 N–H and O–H groups in total. The number of anilines is 3. The highest BCUT2D eigenvalue weighted by Crippen LogP contribution is 2.49. The zero-order valence-corrected chi connectivity index (χ0v) is 25.0. The van der Waals surface area contributed by atoms with Crippen LogP contribution >= 0.6 is 34.2 Å². The van der Waals surface area contributed by atoms with Crippen molar-refractivity contribution in [2.45, 2.75) is 41.1 Å². The van der Waals surface area contributed by atoms with Gasteiger partial charge in [0.05, 0.1) is 31.1 Å². The van der Waals surface area contributed by atoms with Crippen molar-refractivity contribution in [3.63, 3.8) is 0 Å². The molecule has 2 unspecified atom stereocenters. The molecule has 2 heterocycles. The van der Waals surface area contributed by atoms with Gasteiger partial charge in [0.25, 0.3) is 0 Å². The van der Waals surface area contributed by atoms with Crippen LogP contribution in [0.25, 0.3) is 5.69 Å². The summed E-state index contributed by atoms with van der Waals surface area (Å²) in [6.45, 7) is 0.586. The third kappa shape index (κ3) is 5.48. The first-order valence-corrected chi connectivity index (χ1v) is 14.6. The Balaban J connectivity index is 1.37. The lowest BCUT2D eigenvalue weighted by Gasteiger charge is -2.25. The van der Waals surface area contributed by atoms with Gasteiger partial charge in [-0.05, 0) is 55.5 Å². The Morgan fingerprint density at radius 2 is 1.98 bits per heavy atom. The zero-order chi connectivity index (χ0) is 27.9. The highest BCUT2D eigenvalue weighted by Gasteiger charge is 2.47. The number of hydrogen-bond acceptors (Lipinski definition) is 7. The summed E-state index contributed by atoms with van der Waals surface area (Å²) in [5.41, 5.74) is 4.68. The molecule has 8 nitrogen and oxygen atoms in total. The van der Waals surface area contributed by atoms with E-state index < -0.39 is 0 Å². The van der Waals surface area contributed by atoms with E-state index in [0.29, 0.717) is 23.5 Å². The van der Waals surface area contributed by atoms with Gasteiger partial charge < -0.3 is 24.7 Å². The van der Waals surface area contributed by atoms with Gasteiger partial charge in [0.15, 0.2) is 0 Å². The van der Waals surface area contributed by atoms with E-state index in [1.54, 1.807) is 31.3 Å². The monoisotopic (exact) mass is 674 g/mol. The fraction of sp³-hybridized carbons (Fsp3) is 0.345. The Morgan fingerprint density at radius 3 is 2.65 bits per heavy atom. The molecule has 2 atom stereocenters. The molecule has 2 aromatic carbocycles. The van der Waals surface area contributed by atoms with Gasteiger partial charge in [-0.2, -0.15) is 4.98 Å². The first-order chi connectivity index (χ1) is 19.4. The first kappa shape index (κ1) is 27.2. The predicted molar refractivity (Wildman–Crippen MR) is 162 cm³/mol. The minimum absolute atomic E-state index is 0.0537. The molecule has 0 spiro atoms. The SMILES string of the molecule is COCC(Nc1nc(Nc2ccc(-n3cnc(Cl)c3)c(OC)c2)nc2c1CCC2c1ccc(F)cc1)C1(I)CC1. The first-order valence-electron chi connectivity index (χ1n) is 13.1. The molecule has 4 aromatic rings. The highest BCUT2D eigenvalue weighted by molar-refractivity contribution is 14.1. The number of rotatable bonds is 10. The van der Waals surface area contributed by atoms with Crippen molar-refractivity contribution in [1.29, 1.82) is 0 Å². The molecular weight excluding hydrogens is 646 g/mol. The van der Waals surface area contributed by atoms with Crippen LogP contribution in [-0.4, -0.2) is 49.8 Å². The summed E-state index contributed by atoms with van der Waals surface area (Å²) in [7, 11) is 3.35. The van der Waals surface area contributed by atoms with Gasteiger partial charge in [0, 0.05) is 40.0 Å². The molecular formula is C29H29ClFIN6O2. The molecule has 6 rings (SSSR count). The summed E-state index contributed by atoms with van der Waals surface area (Å²) in [5.74, 6) is 1.74. The van der Waals surface area contributed by atoms with Crippen molar-refractivity contribution >= 4 is 51.6 Å². The summed E-state index contributed by atoms with van der Waals surface area (Å²) < 4.78 is 26.9. The van der Waals surface area contributed by atoms with Crippen LogP contribution in [-0.2, 0) is 11.2 Å². The highest BCUT2D eigenvalue weighted by atomic mass is 127. The summed E-state index contributed by atoms with van der Waals surface area (Å²) in [5, 5.41) is 7.50. The van der Waals surface area contributed by atoms with Gasteiger partial charge in [-0.15, -0.1) is 0 Å². The van der Waals surface area contributed by atoms with Crippen LogP contribution in [0.5, 0.6) is 5.75 Å². The molecule has 0 aliphatic heterocycles. The number of hydrogen-bond donors (Lipinski definition) is 2. The molecule has 0 bridgehead atoms. The molecule has 0 radical (unpaired) electrons. The van der Waals surface area contributed by atoms with E-state index in [2.05, 4.69) is 38.2 Å². The zero-order valence-electron chi connectivity index (χ0n) is 22.1. The number of nitrogens with zero attached hydrogens (tertiary/aromatic N) is 4. The minimum Gasteiger partial charge on any atom is -0.494 e.